The summed E-state index contributed by atoms with van der Waals surface area (Å²) in [6.07, 6.45) is 3.53. The summed E-state index contributed by atoms with van der Waals surface area (Å²) < 4.78 is 4.55. The van der Waals surface area contributed by atoms with Crippen molar-refractivity contribution in [3.05, 3.63) is 0 Å². The van der Waals surface area contributed by atoms with Crippen LogP contribution in [0.25, 0.3) is 0 Å². The summed E-state index contributed by atoms with van der Waals surface area (Å²) in [5.74, 6) is -2.76. The van der Waals surface area contributed by atoms with E-state index in [0.717, 1.165) is 30.6 Å². The van der Waals surface area contributed by atoms with Gasteiger partial charge >= 0.3 is 12.0 Å². The number of carbonyl (C=O) groups excluding carboxylic acids is 4. The molecule has 0 radical (unpaired) electrons. The van der Waals surface area contributed by atoms with Crippen molar-refractivity contribution in [2.75, 3.05) is 7.11 Å². The van der Waals surface area contributed by atoms with E-state index in [0.29, 0.717) is 0 Å². The Kier molecular flexibility index (Phi) is 4.06. The number of esters is 1. The first-order valence-corrected chi connectivity index (χ1v) is 6.73. The van der Waals surface area contributed by atoms with Crippen LogP contribution in [0.5, 0.6) is 0 Å². The summed E-state index contributed by atoms with van der Waals surface area (Å²) in [6.45, 7) is 1.41. The topological polar surface area (TPSA) is 92.8 Å². The van der Waals surface area contributed by atoms with E-state index in [-0.39, 0.29) is 5.92 Å². The Morgan fingerprint density at radius 1 is 1.30 bits per heavy atom. The molecular weight excluding hydrogens is 264 g/mol. The highest BCUT2D eigenvalue weighted by molar-refractivity contribution is 6.17. The number of amides is 4. The number of nitrogens with zero attached hydrogens (tertiary/aromatic N) is 1. The van der Waals surface area contributed by atoms with Crippen molar-refractivity contribution >= 4 is 23.8 Å². The summed E-state index contributed by atoms with van der Waals surface area (Å²) >= 11 is 0. The monoisotopic (exact) mass is 282 g/mol. The fraction of sp³-hybridized carbons (Fsp3) is 0.692. The molecule has 0 aromatic heterocycles. The van der Waals surface area contributed by atoms with Crippen molar-refractivity contribution < 1.29 is 23.9 Å². The van der Waals surface area contributed by atoms with Gasteiger partial charge in [-0.25, -0.2) is 14.5 Å². The van der Waals surface area contributed by atoms with Crippen molar-refractivity contribution in [3.63, 3.8) is 0 Å². The van der Waals surface area contributed by atoms with Crippen molar-refractivity contribution in [1.82, 2.24) is 10.2 Å². The van der Waals surface area contributed by atoms with Crippen LogP contribution >= 0.6 is 0 Å². The molecule has 0 bridgehead atoms. The first-order valence-electron chi connectivity index (χ1n) is 6.73. The third kappa shape index (κ3) is 2.39. The van der Waals surface area contributed by atoms with Gasteiger partial charge in [0.15, 0.2) is 0 Å². The maximum absolute atomic E-state index is 12.4. The minimum absolute atomic E-state index is 0.0528. The fourth-order valence-electron chi connectivity index (χ4n) is 2.95. The van der Waals surface area contributed by atoms with Crippen LogP contribution in [0.15, 0.2) is 0 Å². The number of imide groups is 2. The van der Waals surface area contributed by atoms with E-state index in [1.54, 1.807) is 0 Å². The third-order valence-corrected chi connectivity index (χ3v) is 4.04. The molecule has 20 heavy (non-hydrogen) atoms. The van der Waals surface area contributed by atoms with Crippen LogP contribution in [0.3, 0.4) is 0 Å². The van der Waals surface area contributed by atoms with Gasteiger partial charge in [-0.15, -0.1) is 0 Å². The van der Waals surface area contributed by atoms with Gasteiger partial charge in [0.2, 0.25) is 11.8 Å². The molecule has 1 aliphatic carbocycles. The van der Waals surface area contributed by atoms with Crippen LogP contribution in [-0.4, -0.2) is 41.9 Å². The number of nitrogens with one attached hydrogen (secondary N) is 1. The Morgan fingerprint density at radius 3 is 2.45 bits per heavy atom. The minimum atomic E-state index is -1.04. The van der Waals surface area contributed by atoms with Gasteiger partial charge in [-0.3, -0.25) is 14.9 Å². The second kappa shape index (κ2) is 5.60. The van der Waals surface area contributed by atoms with E-state index in [9.17, 15) is 19.2 Å². The molecule has 1 saturated carbocycles. The van der Waals surface area contributed by atoms with Crippen LogP contribution < -0.4 is 5.32 Å². The van der Waals surface area contributed by atoms with E-state index < -0.39 is 35.8 Å². The zero-order valence-electron chi connectivity index (χ0n) is 11.5. The van der Waals surface area contributed by atoms with Crippen LogP contribution in [-0.2, 0) is 19.1 Å². The highest BCUT2D eigenvalue weighted by Crippen LogP contribution is 2.34. The maximum Gasteiger partial charge on any atom is 0.331 e. The lowest BCUT2D eigenvalue weighted by molar-refractivity contribution is -0.155. The van der Waals surface area contributed by atoms with Gasteiger partial charge in [-0.05, 0) is 25.7 Å². The van der Waals surface area contributed by atoms with E-state index >= 15 is 0 Å². The van der Waals surface area contributed by atoms with Crippen LogP contribution in [0.1, 0.15) is 32.6 Å². The molecule has 2 aliphatic rings. The van der Waals surface area contributed by atoms with Crippen molar-refractivity contribution in [3.8, 4) is 0 Å². The lowest BCUT2D eigenvalue weighted by Crippen LogP contribution is -2.63. The average molecular weight is 282 g/mol. The Labute approximate surface area is 116 Å². The van der Waals surface area contributed by atoms with Crippen LogP contribution in [0.4, 0.5) is 4.79 Å². The van der Waals surface area contributed by atoms with Gasteiger partial charge in [0, 0.05) is 0 Å². The number of ether oxygens (including phenoxy) is 1. The summed E-state index contributed by atoms with van der Waals surface area (Å²) in [5, 5.41) is 2.17. The zero-order chi connectivity index (χ0) is 14.9. The molecule has 2 rings (SSSR count). The molecule has 0 spiro atoms. The maximum atomic E-state index is 12.4. The smallest absolute Gasteiger partial charge is 0.331 e. The molecule has 4 amide bonds. The number of rotatable bonds is 3. The van der Waals surface area contributed by atoms with Crippen molar-refractivity contribution in [2.45, 2.75) is 38.6 Å². The van der Waals surface area contributed by atoms with E-state index in [1.165, 1.54) is 14.0 Å². The number of carbonyl (C=O) groups is 4. The number of barbiturate groups is 1. The predicted octanol–water partition coefficient (Wildman–Crippen LogP) is 0.433. The number of hydrogen-bond acceptors (Lipinski definition) is 5. The molecule has 1 heterocycles. The van der Waals surface area contributed by atoms with Crippen molar-refractivity contribution in [2.24, 2.45) is 11.8 Å². The Bertz CT molecular complexity index is 456. The molecule has 1 N–H and O–H groups in total. The summed E-state index contributed by atoms with van der Waals surface area (Å²) in [4.78, 5) is 48.5. The highest BCUT2D eigenvalue weighted by Gasteiger charge is 2.48. The summed E-state index contributed by atoms with van der Waals surface area (Å²) in [7, 11) is 1.19. The average Bonchev–Trinajstić information content (AvgIpc) is 2.90. The van der Waals surface area contributed by atoms with Gasteiger partial charge in [-0.1, -0.05) is 12.8 Å². The predicted molar refractivity (Wildman–Crippen MR) is 67.3 cm³/mol. The summed E-state index contributed by atoms with van der Waals surface area (Å²) in [6, 6.07) is -1.89. The Hall–Kier alpha value is -1.92. The number of urea groups is 1. The molecule has 1 aliphatic heterocycles. The zero-order valence-corrected chi connectivity index (χ0v) is 11.5. The normalized spacial score (nSPS) is 25.6. The van der Waals surface area contributed by atoms with Crippen LogP contribution in [0, 0.1) is 11.8 Å². The second-order valence-electron chi connectivity index (χ2n) is 5.22. The van der Waals surface area contributed by atoms with Gasteiger partial charge in [0.1, 0.15) is 12.0 Å². The second-order valence-corrected chi connectivity index (χ2v) is 5.22. The van der Waals surface area contributed by atoms with E-state index in [2.05, 4.69) is 10.1 Å². The molecule has 0 aromatic carbocycles. The van der Waals surface area contributed by atoms with E-state index in [1.807, 2.05) is 0 Å². The molecule has 2 atom stereocenters. The van der Waals surface area contributed by atoms with E-state index in [4.69, 9.17) is 0 Å². The molecule has 0 aromatic rings. The summed E-state index contributed by atoms with van der Waals surface area (Å²) in [5.41, 5.74) is 0. The molecule has 7 nitrogen and oxygen atoms in total. The Balaban J connectivity index is 2.24. The first kappa shape index (κ1) is 14.5. The van der Waals surface area contributed by atoms with Gasteiger partial charge in [0.05, 0.1) is 7.11 Å². The lowest BCUT2D eigenvalue weighted by atomic mass is 9.87. The highest BCUT2D eigenvalue weighted by atomic mass is 16.5. The molecule has 1 saturated heterocycles. The Morgan fingerprint density at radius 2 is 1.90 bits per heavy atom. The molecule has 2 unspecified atom stereocenters. The standard InChI is InChI=1S/C13H18N2O5/c1-7(12(18)20-2)15-11(17)9(8-5-3-4-6-8)10(16)14-13(15)19/h7-9H,3-6H2,1-2H3,(H,14,16,19). The minimum Gasteiger partial charge on any atom is -0.467 e. The van der Waals surface area contributed by atoms with Gasteiger partial charge in [0.25, 0.3) is 0 Å². The van der Waals surface area contributed by atoms with Gasteiger partial charge < -0.3 is 4.74 Å². The molecule has 7 heteroatoms. The van der Waals surface area contributed by atoms with Crippen LogP contribution in [0.2, 0.25) is 0 Å². The number of methoxy groups -OCH3 is 1. The lowest BCUT2D eigenvalue weighted by Gasteiger charge is -2.35. The fourth-order valence-corrected chi connectivity index (χ4v) is 2.95. The van der Waals surface area contributed by atoms with Gasteiger partial charge in [-0.2, -0.15) is 0 Å². The first-order chi connectivity index (χ1) is 9.47. The number of hydrogen-bond donors (Lipinski definition) is 1. The SMILES string of the molecule is COC(=O)C(C)N1C(=O)NC(=O)C(C2CCCC2)C1=O. The van der Waals surface area contributed by atoms with Crippen molar-refractivity contribution in [1.29, 1.82) is 0 Å². The molecule has 2 fully saturated rings. The molecule has 110 valence electrons. The third-order valence-electron chi connectivity index (χ3n) is 4.04. The quantitative estimate of drug-likeness (QED) is 0.598. The molecular formula is C13H18N2O5. The largest absolute Gasteiger partial charge is 0.467 e.